The molecule has 1 unspecified atom stereocenters. The standard InChI is InChI=1S/C11H11BrN2OS/c1-15-9-2-7(4-14-5-9)11(13)8-3-10(12)16-6-8/h2-6,11H,13H2,1H3. The van der Waals surface area contributed by atoms with Gasteiger partial charge in [0.15, 0.2) is 0 Å². The van der Waals surface area contributed by atoms with Gasteiger partial charge in [-0.25, -0.2) is 0 Å². The summed E-state index contributed by atoms with van der Waals surface area (Å²) in [6.45, 7) is 0. The number of pyridine rings is 1. The van der Waals surface area contributed by atoms with Gasteiger partial charge in [0, 0.05) is 6.20 Å². The quantitative estimate of drug-likeness (QED) is 0.948. The minimum Gasteiger partial charge on any atom is -0.495 e. The Morgan fingerprint density at radius 2 is 2.19 bits per heavy atom. The Bertz CT molecular complexity index is 486. The van der Waals surface area contributed by atoms with Gasteiger partial charge >= 0.3 is 0 Å². The maximum absolute atomic E-state index is 6.14. The van der Waals surface area contributed by atoms with E-state index in [-0.39, 0.29) is 6.04 Å². The monoisotopic (exact) mass is 298 g/mol. The molecule has 0 saturated heterocycles. The zero-order valence-corrected chi connectivity index (χ0v) is 11.1. The number of halogens is 1. The molecule has 0 aromatic carbocycles. The summed E-state index contributed by atoms with van der Waals surface area (Å²) in [7, 11) is 1.62. The lowest BCUT2D eigenvalue weighted by Gasteiger charge is -2.10. The first-order chi connectivity index (χ1) is 7.70. The van der Waals surface area contributed by atoms with Crippen LogP contribution in [0.4, 0.5) is 0 Å². The Balaban J connectivity index is 2.29. The predicted molar refractivity (Wildman–Crippen MR) is 68.8 cm³/mol. The van der Waals surface area contributed by atoms with Crippen molar-refractivity contribution in [2.75, 3.05) is 7.11 Å². The molecule has 0 aliphatic rings. The van der Waals surface area contributed by atoms with Gasteiger partial charge in [-0.1, -0.05) is 0 Å². The third-order valence-corrected chi connectivity index (χ3v) is 3.80. The number of nitrogens with two attached hydrogens (primary N) is 1. The molecular formula is C11H11BrN2OS. The van der Waals surface area contributed by atoms with Gasteiger partial charge in [-0.15, -0.1) is 11.3 Å². The van der Waals surface area contributed by atoms with Crippen LogP contribution in [0.1, 0.15) is 17.2 Å². The zero-order valence-electron chi connectivity index (χ0n) is 8.68. The minimum atomic E-state index is -0.162. The van der Waals surface area contributed by atoms with Crippen molar-refractivity contribution < 1.29 is 4.74 Å². The molecule has 0 amide bonds. The maximum atomic E-state index is 6.14. The SMILES string of the molecule is COc1cncc(C(N)c2csc(Br)c2)c1. The first-order valence-electron chi connectivity index (χ1n) is 4.69. The molecule has 0 saturated carbocycles. The lowest BCUT2D eigenvalue weighted by atomic mass is 10.0. The summed E-state index contributed by atoms with van der Waals surface area (Å²) in [5, 5.41) is 2.04. The van der Waals surface area contributed by atoms with Crippen molar-refractivity contribution in [2.45, 2.75) is 6.04 Å². The molecule has 0 bridgehead atoms. The van der Waals surface area contributed by atoms with Crippen molar-refractivity contribution in [3.8, 4) is 5.75 Å². The lowest BCUT2D eigenvalue weighted by Crippen LogP contribution is -2.11. The van der Waals surface area contributed by atoms with E-state index in [0.717, 1.165) is 20.7 Å². The molecule has 0 aliphatic heterocycles. The number of rotatable bonds is 3. The van der Waals surface area contributed by atoms with Gasteiger partial charge in [0.25, 0.3) is 0 Å². The van der Waals surface area contributed by atoms with Crippen LogP contribution in [-0.4, -0.2) is 12.1 Å². The van der Waals surface area contributed by atoms with Gasteiger partial charge in [0.2, 0.25) is 0 Å². The average Bonchev–Trinajstić information content (AvgIpc) is 2.75. The Kier molecular flexibility index (Phi) is 3.58. The Hall–Kier alpha value is -0.910. The molecule has 84 valence electrons. The molecule has 1 atom stereocenters. The molecule has 2 aromatic heterocycles. The van der Waals surface area contributed by atoms with E-state index >= 15 is 0 Å². The first kappa shape index (κ1) is 11.6. The van der Waals surface area contributed by atoms with Crippen molar-refractivity contribution in [1.29, 1.82) is 0 Å². The molecule has 0 fully saturated rings. The van der Waals surface area contributed by atoms with Gasteiger partial charge in [-0.3, -0.25) is 4.98 Å². The van der Waals surface area contributed by atoms with Crippen LogP contribution in [0, 0.1) is 0 Å². The molecule has 2 aromatic rings. The fraction of sp³-hybridized carbons (Fsp3) is 0.182. The Morgan fingerprint density at radius 1 is 1.38 bits per heavy atom. The summed E-state index contributed by atoms with van der Waals surface area (Å²) in [6.07, 6.45) is 3.43. The van der Waals surface area contributed by atoms with Crippen LogP contribution >= 0.6 is 27.3 Å². The highest BCUT2D eigenvalue weighted by atomic mass is 79.9. The van der Waals surface area contributed by atoms with E-state index in [1.807, 2.05) is 17.5 Å². The fourth-order valence-corrected chi connectivity index (χ4v) is 2.61. The summed E-state index contributed by atoms with van der Waals surface area (Å²) in [5.41, 5.74) is 8.17. The van der Waals surface area contributed by atoms with Gasteiger partial charge in [-0.2, -0.15) is 0 Å². The van der Waals surface area contributed by atoms with Crippen molar-refractivity contribution in [3.63, 3.8) is 0 Å². The number of hydrogen-bond acceptors (Lipinski definition) is 4. The van der Waals surface area contributed by atoms with Gasteiger partial charge in [0.05, 0.1) is 23.1 Å². The maximum Gasteiger partial charge on any atom is 0.137 e. The first-order valence-corrected chi connectivity index (χ1v) is 6.36. The highest BCUT2D eigenvalue weighted by Crippen LogP contribution is 2.28. The van der Waals surface area contributed by atoms with E-state index in [1.165, 1.54) is 0 Å². The number of nitrogens with zero attached hydrogens (tertiary/aromatic N) is 1. The number of ether oxygens (including phenoxy) is 1. The highest BCUT2D eigenvalue weighted by molar-refractivity contribution is 9.11. The number of hydrogen-bond donors (Lipinski definition) is 1. The second-order valence-corrected chi connectivity index (χ2v) is 5.61. The minimum absolute atomic E-state index is 0.162. The van der Waals surface area contributed by atoms with Crippen molar-refractivity contribution in [3.05, 3.63) is 44.8 Å². The molecular weight excluding hydrogens is 288 g/mol. The van der Waals surface area contributed by atoms with Gasteiger partial charge in [-0.05, 0) is 44.6 Å². The summed E-state index contributed by atoms with van der Waals surface area (Å²) in [6, 6.07) is 3.77. The molecule has 0 radical (unpaired) electrons. The molecule has 2 N–H and O–H groups in total. The van der Waals surface area contributed by atoms with Gasteiger partial charge < -0.3 is 10.5 Å². The van der Waals surface area contributed by atoms with Crippen LogP contribution in [0.25, 0.3) is 0 Å². The van der Waals surface area contributed by atoms with Crippen LogP contribution in [0.5, 0.6) is 5.75 Å². The lowest BCUT2D eigenvalue weighted by molar-refractivity contribution is 0.412. The molecule has 5 heteroatoms. The van der Waals surface area contributed by atoms with Crippen LogP contribution in [0.3, 0.4) is 0 Å². The number of aromatic nitrogens is 1. The highest BCUT2D eigenvalue weighted by Gasteiger charge is 2.11. The van der Waals surface area contributed by atoms with Crippen molar-refractivity contribution >= 4 is 27.3 Å². The molecule has 2 rings (SSSR count). The second-order valence-electron chi connectivity index (χ2n) is 3.32. The molecule has 2 heterocycles. The van der Waals surface area contributed by atoms with E-state index in [2.05, 4.69) is 20.9 Å². The van der Waals surface area contributed by atoms with E-state index in [1.54, 1.807) is 30.8 Å². The van der Waals surface area contributed by atoms with Crippen LogP contribution in [-0.2, 0) is 0 Å². The number of thiophene rings is 1. The summed E-state index contributed by atoms with van der Waals surface area (Å²) >= 11 is 5.05. The van der Waals surface area contributed by atoms with E-state index in [9.17, 15) is 0 Å². The van der Waals surface area contributed by atoms with E-state index in [0.29, 0.717) is 0 Å². The summed E-state index contributed by atoms with van der Waals surface area (Å²) in [5.74, 6) is 0.724. The third-order valence-electron chi connectivity index (χ3n) is 2.28. The normalized spacial score (nSPS) is 12.4. The Morgan fingerprint density at radius 3 is 2.81 bits per heavy atom. The van der Waals surface area contributed by atoms with E-state index < -0.39 is 0 Å². The molecule has 3 nitrogen and oxygen atoms in total. The van der Waals surface area contributed by atoms with Crippen LogP contribution < -0.4 is 10.5 Å². The second kappa shape index (κ2) is 4.95. The van der Waals surface area contributed by atoms with Crippen LogP contribution in [0.15, 0.2) is 33.7 Å². The topological polar surface area (TPSA) is 48.1 Å². The largest absolute Gasteiger partial charge is 0.495 e. The van der Waals surface area contributed by atoms with Gasteiger partial charge in [0.1, 0.15) is 5.75 Å². The zero-order chi connectivity index (χ0) is 11.5. The summed E-state index contributed by atoms with van der Waals surface area (Å²) in [4.78, 5) is 4.10. The predicted octanol–water partition coefficient (Wildman–Crippen LogP) is 2.96. The van der Waals surface area contributed by atoms with Crippen molar-refractivity contribution in [2.24, 2.45) is 5.73 Å². The Labute approximate surface area is 106 Å². The summed E-state index contributed by atoms with van der Waals surface area (Å²) < 4.78 is 6.20. The smallest absolute Gasteiger partial charge is 0.137 e. The third kappa shape index (κ3) is 2.42. The number of methoxy groups -OCH3 is 1. The van der Waals surface area contributed by atoms with Crippen molar-refractivity contribution in [1.82, 2.24) is 4.98 Å². The molecule has 0 aliphatic carbocycles. The van der Waals surface area contributed by atoms with E-state index in [4.69, 9.17) is 10.5 Å². The average molecular weight is 299 g/mol. The molecule has 16 heavy (non-hydrogen) atoms. The molecule has 0 spiro atoms. The van der Waals surface area contributed by atoms with Crippen LogP contribution in [0.2, 0.25) is 0 Å². The fourth-order valence-electron chi connectivity index (χ4n) is 1.40.